The van der Waals surface area contributed by atoms with Crippen LogP contribution in [0.3, 0.4) is 0 Å². The maximum absolute atomic E-state index is 11.9. The number of hydrogen-bond acceptors (Lipinski definition) is 2. The van der Waals surface area contributed by atoms with Gasteiger partial charge >= 0.3 is 0 Å². The van der Waals surface area contributed by atoms with Gasteiger partial charge in [0, 0.05) is 8.95 Å². The highest BCUT2D eigenvalue weighted by atomic mass is 79.9. The van der Waals surface area contributed by atoms with Gasteiger partial charge in [-0.05, 0) is 39.5 Å². The van der Waals surface area contributed by atoms with Crippen molar-refractivity contribution in [2.24, 2.45) is 11.1 Å². The molecule has 0 unspecified atom stereocenters. The van der Waals surface area contributed by atoms with Gasteiger partial charge in [-0.15, -0.1) is 0 Å². The lowest BCUT2D eigenvalue weighted by molar-refractivity contribution is -0.119. The fourth-order valence-corrected chi connectivity index (χ4v) is 2.34. The van der Waals surface area contributed by atoms with E-state index in [1.807, 2.05) is 39.0 Å². The van der Waals surface area contributed by atoms with Crippen molar-refractivity contribution in [2.45, 2.75) is 26.8 Å². The lowest BCUT2D eigenvalue weighted by atomic mass is 9.87. The molecule has 94 valence electrons. The first-order valence-electron chi connectivity index (χ1n) is 5.23. The van der Waals surface area contributed by atoms with Crippen molar-refractivity contribution in [3.8, 4) is 0 Å². The first kappa shape index (κ1) is 14.7. The summed E-state index contributed by atoms with van der Waals surface area (Å²) in [5.74, 6) is -0.180. The monoisotopic (exact) mass is 362 g/mol. The number of halogens is 2. The Hall–Kier alpha value is -0.390. The van der Waals surface area contributed by atoms with Crippen molar-refractivity contribution in [1.82, 2.24) is 0 Å². The molecular formula is C12H16Br2N2O. The van der Waals surface area contributed by atoms with Gasteiger partial charge in [-0.3, -0.25) is 4.79 Å². The van der Waals surface area contributed by atoms with Crippen LogP contribution in [0.2, 0.25) is 0 Å². The van der Waals surface area contributed by atoms with E-state index in [1.54, 1.807) is 0 Å². The van der Waals surface area contributed by atoms with Gasteiger partial charge in [-0.25, -0.2) is 0 Å². The first-order valence-corrected chi connectivity index (χ1v) is 6.82. The van der Waals surface area contributed by atoms with E-state index < -0.39 is 6.04 Å². The number of carbonyl (C=O) groups excluding carboxylic acids is 1. The molecule has 0 radical (unpaired) electrons. The van der Waals surface area contributed by atoms with E-state index >= 15 is 0 Å². The van der Waals surface area contributed by atoms with Crippen LogP contribution in [0.4, 0.5) is 5.69 Å². The number of nitrogens with two attached hydrogens (primary N) is 1. The van der Waals surface area contributed by atoms with E-state index in [2.05, 4.69) is 37.2 Å². The highest BCUT2D eigenvalue weighted by Gasteiger charge is 2.27. The molecule has 0 aliphatic heterocycles. The molecule has 0 bridgehead atoms. The predicted molar refractivity (Wildman–Crippen MR) is 77.9 cm³/mol. The summed E-state index contributed by atoms with van der Waals surface area (Å²) in [6.45, 7) is 5.82. The largest absolute Gasteiger partial charge is 0.324 e. The Bertz CT molecular complexity index is 427. The number of nitrogens with one attached hydrogen (secondary N) is 1. The molecule has 0 saturated heterocycles. The Kier molecular flexibility index (Phi) is 4.75. The normalized spacial score (nSPS) is 13.3. The Balaban J connectivity index is 2.82. The zero-order valence-corrected chi connectivity index (χ0v) is 13.2. The summed E-state index contributed by atoms with van der Waals surface area (Å²) in [6.07, 6.45) is 0. The maximum Gasteiger partial charge on any atom is 0.241 e. The molecular weight excluding hydrogens is 348 g/mol. The number of rotatable bonds is 2. The molecule has 0 saturated carbocycles. The van der Waals surface area contributed by atoms with Crippen molar-refractivity contribution < 1.29 is 4.79 Å². The highest BCUT2D eigenvalue weighted by molar-refractivity contribution is 9.11. The van der Waals surface area contributed by atoms with E-state index in [9.17, 15) is 4.79 Å². The van der Waals surface area contributed by atoms with Crippen LogP contribution in [-0.4, -0.2) is 11.9 Å². The topological polar surface area (TPSA) is 55.1 Å². The molecule has 0 spiro atoms. The minimum atomic E-state index is -0.543. The van der Waals surface area contributed by atoms with Crippen molar-refractivity contribution in [1.29, 1.82) is 0 Å². The fourth-order valence-electron chi connectivity index (χ4n) is 1.19. The molecule has 0 fully saturated rings. The summed E-state index contributed by atoms with van der Waals surface area (Å²) in [4.78, 5) is 11.9. The summed E-state index contributed by atoms with van der Waals surface area (Å²) in [5.41, 5.74) is 6.35. The molecule has 0 aromatic heterocycles. The molecule has 1 aromatic carbocycles. The molecule has 17 heavy (non-hydrogen) atoms. The number of hydrogen-bond donors (Lipinski definition) is 2. The SMILES string of the molecule is CC(C)(C)[C@H](N)C(=O)Nc1ccc(Br)cc1Br. The summed E-state index contributed by atoms with van der Waals surface area (Å²) in [7, 11) is 0. The van der Waals surface area contributed by atoms with Gasteiger partial charge in [0.2, 0.25) is 5.91 Å². The van der Waals surface area contributed by atoms with Crippen molar-refractivity contribution in [3.63, 3.8) is 0 Å². The lowest BCUT2D eigenvalue weighted by Crippen LogP contribution is -2.45. The van der Waals surface area contributed by atoms with Crippen LogP contribution < -0.4 is 11.1 Å². The van der Waals surface area contributed by atoms with Gasteiger partial charge in [-0.2, -0.15) is 0 Å². The van der Waals surface area contributed by atoms with Crippen molar-refractivity contribution in [3.05, 3.63) is 27.1 Å². The number of carbonyl (C=O) groups is 1. The van der Waals surface area contributed by atoms with Gasteiger partial charge in [0.25, 0.3) is 0 Å². The van der Waals surface area contributed by atoms with Crippen molar-refractivity contribution in [2.75, 3.05) is 5.32 Å². The third kappa shape index (κ3) is 4.08. The molecule has 1 aromatic rings. The molecule has 1 atom stereocenters. The van der Waals surface area contributed by atoms with E-state index in [-0.39, 0.29) is 11.3 Å². The van der Waals surface area contributed by atoms with Crippen LogP contribution in [-0.2, 0) is 4.79 Å². The molecule has 1 amide bonds. The molecule has 3 nitrogen and oxygen atoms in total. The summed E-state index contributed by atoms with van der Waals surface area (Å²) < 4.78 is 1.77. The predicted octanol–water partition coefficient (Wildman–Crippen LogP) is 3.52. The summed E-state index contributed by atoms with van der Waals surface area (Å²) in [6, 6.07) is 5.01. The van der Waals surface area contributed by atoms with Crippen LogP contribution in [0.25, 0.3) is 0 Å². The molecule has 1 rings (SSSR count). The highest BCUT2D eigenvalue weighted by Crippen LogP contribution is 2.27. The van der Waals surface area contributed by atoms with Crippen LogP contribution in [0.5, 0.6) is 0 Å². The van der Waals surface area contributed by atoms with Crippen LogP contribution >= 0.6 is 31.9 Å². The second-order valence-electron chi connectivity index (χ2n) is 4.96. The minimum Gasteiger partial charge on any atom is -0.324 e. The molecule has 0 heterocycles. The third-order valence-electron chi connectivity index (χ3n) is 2.40. The quantitative estimate of drug-likeness (QED) is 0.844. The van der Waals surface area contributed by atoms with Gasteiger partial charge < -0.3 is 11.1 Å². The second kappa shape index (κ2) is 5.50. The maximum atomic E-state index is 11.9. The third-order valence-corrected chi connectivity index (χ3v) is 3.55. The number of benzene rings is 1. The van der Waals surface area contributed by atoms with E-state index in [0.29, 0.717) is 0 Å². The summed E-state index contributed by atoms with van der Waals surface area (Å²) in [5, 5.41) is 2.81. The smallest absolute Gasteiger partial charge is 0.241 e. The lowest BCUT2D eigenvalue weighted by Gasteiger charge is -2.26. The average Bonchev–Trinajstić information content (AvgIpc) is 2.19. The Morgan fingerprint density at radius 2 is 1.94 bits per heavy atom. The van der Waals surface area contributed by atoms with E-state index in [1.165, 1.54) is 0 Å². The number of amides is 1. The molecule has 5 heteroatoms. The number of anilines is 1. The van der Waals surface area contributed by atoms with Crippen LogP contribution in [0, 0.1) is 5.41 Å². The molecule has 0 aliphatic rings. The Morgan fingerprint density at radius 1 is 1.35 bits per heavy atom. The fraction of sp³-hybridized carbons (Fsp3) is 0.417. The van der Waals surface area contributed by atoms with Gasteiger partial charge in [0.1, 0.15) is 0 Å². The Labute approximate surface area is 118 Å². The second-order valence-corrected chi connectivity index (χ2v) is 6.73. The first-order chi connectivity index (χ1) is 7.71. The van der Waals surface area contributed by atoms with Gasteiger partial charge in [0.15, 0.2) is 0 Å². The summed E-state index contributed by atoms with van der Waals surface area (Å²) >= 11 is 6.75. The molecule has 3 N–H and O–H groups in total. The van der Waals surface area contributed by atoms with Crippen molar-refractivity contribution >= 4 is 43.5 Å². The molecule has 0 aliphatic carbocycles. The Morgan fingerprint density at radius 3 is 2.41 bits per heavy atom. The van der Waals surface area contributed by atoms with Crippen LogP contribution in [0.1, 0.15) is 20.8 Å². The van der Waals surface area contributed by atoms with Crippen LogP contribution in [0.15, 0.2) is 27.1 Å². The minimum absolute atomic E-state index is 0.180. The van der Waals surface area contributed by atoms with E-state index in [0.717, 1.165) is 14.6 Å². The zero-order chi connectivity index (χ0) is 13.2. The standard InChI is InChI=1S/C12H16Br2N2O/c1-12(2,3)10(15)11(17)16-9-5-4-7(13)6-8(9)14/h4-6,10H,15H2,1-3H3,(H,16,17)/t10-/m1/s1. The zero-order valence-electron chi connectivity index (χ0n) is 10.1. The average molecular weight is 364 g/mol. The van der Waals surface area contributed by atoms with E-state index in [4.69, 9.17) is 5.73 Å². The van der Waals surface area contributed by atoms with Gasteiger partial charge in [0.05, 0.1) is 11.7 Å². The van der Waals surface area contributed by atoms with Gasteiger partial charge in [-0.1, -0.05) is 36.7 Å².